The van der Waals surface area contributed by atoms with Crippen molar-refractivity contribution in [1.82, 2.24) is 4.90 Å². The van der Waals surface area contributed by atoms with Crippen molar-refractivity contribution in [3.63, 3.8) is 0 Å². The van der Waals surface area contributed by atoms with Crippen LogP contribution in [-0.4, -0.2) is 29.3 Å². The van der Waals surface area contributed by atoms with Gasteiger partial charge in [0.15, 0.2) is 0 Å². The lowest BCUT2D eigenvalue weighted by atomic mass is 9.97. The third kappa shape index (κ3) is 2.82. The largest absolute Gasteiger partial charge is 0.445 e. The van der Waals surface area contributed by atoms with Gasteiger partial charge in [0, 0.05) is 6.54 Å². The van der Waals surface area contributed by atoms with E-state index in [1.807, 2.05) is 0 Å². The summed E-state index contributed by atoms with van der Waals surface area (Å²) in [5.74, 6) is 1.75. The highest BCUT2D eigenvalue weighted by atomic mass is 19.4. The summed E-state index contributed by atoms with van der Waals surface area (Å²) in [5, 5.41) is 0. The fourth-order valence-electron chi connectivity index (χ4n) is 2.39. The summed E-state index contributed by atoms with van der Waals surface area (Å²) in [4.78, 5) is 12.6. The summed E-state index contributed by atoms with van der Waals surface area (Å²) in [7, 11) is 0. The van der Waals surface area contributed by atoms with Crippen molar-refractivity contribution in [3.05, 3.63) is 35.9 Å². The number of rotatable bonds is 2. The summed E-state index contributed by atoms with van der Waals surface area (Å²) in [6.07, 6.45) is -0.741. The zero-order valence-electron chi connectivity index (χ0n) is 11.2. The molecule has 112 valence electrons. The van der Waals surface area contributed by atoms with Crippen molar-refractivity contribution in [2.24, 2.45) is 0 Å². The summed E-state index contributed by atoms with van der Waals surface area (Å²) in [5.41, 5.74) is -1.86. The van der Waals surface area contributed by atoms with Gasteiger partial charge in [-0.25, -0.2) is 4.79 Å². The average Bonchev–Trinajstić information content (AvgIpc) is 2.91. The monoisotopic (exact) mass is 297 g/mol. The highest BCUT2D eigenvalue weighted by molar-refractivity contribution is 5.70. The first kappa shape index (κ1) is 15.2. The van der Waals surface area contributed by atoms with Gasteiger partial charge in [-0.15, -0.1) is 6.42 Å². The van der Waals surface area contributed by atoms with Crippen LogP contribution in [0, 0.1) is 12.3 Å². The van der Waals surface area contributed by atoms with Crippen molar-refractivity contribution in [2.45, 2.75) is 31.2 Å². The summed E-state index contributed by atoms with van der Waals surface area (Å²) < 4.78 is 44.5. The highest BCUT2D eigenvalue weighted by Gasteiger charge is 2.61. The standard InChI is InChI=1S/C15H14F3NO2/c1-2-14(15(16,17)18)9-6-10-19(14)13(20)21-11-12-7-4-3-5-8-12/h1,3-5,7-8H,6,9-11H2/t14-/m0/s1. The molecular weight excluding hydrogens is 283 g/mol. The molecule has 0 radical (unpaired) electrons. The molecule has 0 N–H and O–H groups in total. The molecule has 1 aromatic rings. The van der Waals surface area contributed by atoms with Gasteiger partial charge >= 0.3 is 12.3 Å². The Morgan fingerprint density at radius 3 is 2.62 bits per heavy atom. The number of ether oxygens (including phenoxy) is 1. The zero-order valence-corrected chi connectivity index (χ0v) is 11.2. The van der Waals surface area contributed by atoms with Crippen molar-refractivity contribution in [2.75, 3.05) is 6.54 Å². The molecule has 1 saturated heterocycles. The Bertz CT molecular complexity index is 550. The Hall–Kier alpha value is -2.16. The molecule has 0 bridgehead atoms. The number of likely N-dealkylation sites (tertiary alicyclic amines) is 1. The number of alkyl halides is 3. The van der Waals surface area contributed by atoms with E-state index in [2.05, 4.69) is 0 Å². The molecule has 6 heteroatoms. The molecule has 0 spiro atoms. The topological polar surface area (TPSA) is 29.5 Å². The van der Waals surface area contributed by atoms with Gasteiger partial charge in [0.1, 0.15) is 6.61 Å². The molecule has 0 unspecified atom stereocenters. The number of halogens is 3. The molecule has 0 saturated carbocycles. The first-order valence-electron chi connectivity index (χ1n) is 6.43. The van der Waals surface area contributed by atoms with E-state index in [4.69, 9.17) is 11.2 Å². The number of hydrogen-bond acceptors (Lipinski definition) is 2. The first-order valence-corrected chi connectivity index (χ1v) is 6.43. The average molecular weight is 297 g/mol. The Labute approximate surface area is 120 Å². The van der Waals surface area contributed by atoms with Crippen molar-refractivity contribution < 1.29 is 22.7 Å². The predicted octanol–water partition coefficient (Wildman–Crippen LogP) is 3.35. The summed E-state index contributed by atoms with van der Waals surface area (Å²) >= 11 is 0. The number of carbonyl (C=O) groups is 1. The Morgan fingerprint density at radius 1 is 1.38 bits per heavy atom. The van der Waals surface area contributed by atoms with Crippen LogP contribution in [0.25, 0.3) is 0 Å². The molecular formula is C15H14F3NO2. The van der Waals surface area contributed by atoms with E-state index in [0.29, 0.717) is 10.5 Å². The van der Waals surface area contributed by atoms with Crippen LogP contribution in [0.3, 0.4) is 0 Å². The minimum Gasteiger partial charge on any atom is -0.445 e. The minimum atomic E-state index is -4.68. The van der Waals surface area contributed by atoms with E-state index in [0.717, 1.165) is 0 Å². The van der Waals surface area contributed by atoms with Gasteiger partial charge in [-0.3, -0.25) is 4.90 Å². The van der Waals surface area contributed by atoms with Gasteiger partial charge in [0.2, 0.25) is 5.54 Å². The molecule has 2 rings (SSSR count). The maximum absolute atomic E-state index is 13.2. The number of benzene rings is 1. The van der Waals surface area contributed by atoms with Gasteiger partial charge in [-0.1, -0.05) is 36.3 Å². The Kier molecular flexibility index (Phi) is 4.12. The van der Waals surface area contributed by atoms with E-state index in [1.165, 1.54) is 0 Å². The predicted molar refractivity (Wildman–Crippen MR) is 70.2 cm³/mol. The molecule has 1 amide bonds. The van der Waals surface area contributed by atoms with Crippen LogP contribution < -0.4 is 0 Å². The van der Waals surface area contributed by atoms with Crippen LogP contribution in [0.4, 0.5) is 18.0 Å². The third-order valence-corrected chi connectivity index (χ3v) is 3.51. The zero-order chi connectivity index (χ0) is 15.5. The Morgan fingerprint density at radius 2 is 2.05 bits per heavy atom. The van der Waals surface area contributed by atoms with Crippen LogP contribution in [0.2, 0.25) is 0 Å². The Balaban J connectivity index is 2.10. The minimum absolute atomic E-state index is 0.0582. The third-order valence-electron chi connectivity index (χ3n) is 3.51. The van der Waals surface area contributed by atoms with Gasteiger partial charge in [-0.2, -0.15) is 13.2 Å². The number of terminal acetylenes is 1. The molecule has 1 fully saturated rings. The molecule has 1 aliphatic heterocycles. The summed E-state index contributed by atoms with van der Waals surface area (Å²) in [6, 6.07) is 8.73. The number of hydrogen-bond donors (Lipinski definition) is 0. The van der Waals surface area contributed by atoms with Crippen LogP contribution in [0.15, 0.2) is 30.3 Å². The maximum Gasteiger partial charge on any atom is 0.423 e. The first-order chi connectivity index (χ1) is 9.90. The SMILES string of the molecule is C#C[C@@]1(C(F)(F)F)CCCN1C(=O)OCc1ccccc1. The second kappa shape index (κ2) is 5.68. The van der Waals surface area contributed by atoms with Crippen molar-refractivity contribution in [1.29, 1.82) is 0 Å². The van der Waals surface area contributed by atoms with E-state index < -0.39 is 17.8 Å². The van der Waals surface area contributed by atoms with E-state index in [9.17, 15) is 18.0 Å². The second-order valence-corrected chi connectivity index (χ2v) is 4.80. The van der Waals surface area contributed by atoms with Crippen molar-refractivity contribution >= 4 is 6.09 Å². The fraction of sp³-hybridized carbons (Fsp3) is 0.400. The maximum atomic E-state index is 13.2. The van der Waals surface area contributed by atoms with Gasteiger partial charge < -0.3 is 4.74 Å². The molecule has 1 heterocycles. The fourth-order valence-corrected chi connectivity index (χ4v) is 2.39. The van der Waals surface area contributed by atoms with Gasteiger partial charge in [0.05, 0.1) is 0 Å². The van der Waals surface area contributed by atoms with E-state index in [1.54, 1.807) is 36.3 Å². The van der Waals surface area contributed by atoms with Crippen LogP contribution in [0.5, 0.6) is 0 Å². The molecule has 3 nitrogen and oxygen atoms in total. The molecule has 1 atom stereocenters. The highest BCUT2D eigenvalue weighted by Crippen LogP contribution is 2.43. The van der Waals surface area contributed by atoms with E-state index in [-0.39, 0.29) is 26.0 Å². The normalized spacial score (nSPS) is 21.9. The van der Waals surface area contributed by atoms with Crippen LogP contribution in [0.1, 0.15) is 18.4 Å². The number of nitrogens with zero attached hydrogens (tertiary/aromatic N) is 1. The van der Waals surface area contributed by atoms with Crippen LogP contribution in [-0.2, 0) is 11.3 Å². The van der Waals surface area contributed by atoms with Gasteiger partial charge in [-0.05, 0) is 18.4 Å². The molecule has 0 aliphatic carbocycles. The van der Waals surface area contributed by atoms with Crippen molar-refractivity contribution in [3.8, 4) is 12.3 Å². The van der Waals surface area contributed by atoms with Crippen LogP contribution >= 0.6 is 0 Å². The summed E-state index contributed by atoms with van der Waals surface area (Å²) in [6.45, 7) is -0.147. The number of amides is 1. The number of carbonyl (C=O) groups excluding carboxylic acids is 1. The molecule has 1 aromatic carbocycles. The van der Waals surface area contributed by atoms with Gasteiger partial charge in [0.25, 0.3) is 0 Å². The quantitative estimate of drug-likeness (QED) is 0.783. The molecule has 1 aliphatic rings. The smallest absolute Gasteiger partial charge is 0.423 e. The van der Waals surface area contributed by atoms with E-state index >= 15 is 0 Å². The lowest BCUT2D eigenvalue weighted by Gasteiger charge is -2.34. The lowest BCUT2D eigenvalue weighted by molar-refractivity contribution is -0.197. The lowest BCUT2D eigenvalue weighted by Crippen LogP contribution is -2.56. The molecule has 0 aromatic heterocycles. The second-order valence-electron chi connectivity index (χ2n) is 4.80. The molecule has 21 heavy (non-hydrogen) atoms.